The van der Waals surface area contributed by atoms with Crippen LogP contribution in [0.4, 0.5) is 16.2 Å². The van der Waals surface area contributed by atoms with Gasteiger partial charge in [-0.05, 0) is 12.1 Å². The number of H-pyrrole nitrogens is 1. The lowest BCUT2D eigenvalue weighted by Crippen LogP contribution is -2.47. The Morgan fingerprint density at radius 1 is 1.00 bits per heavy atom. The number of amides is 2. The average molecular weight is 384 g/mol. The molecule has 4 rings (SSSR count). The van der Waals surface area contributed by atoms with E-state index in [0.29, 0.717) is 49.0 Å². The Morgan fingerprint density at radius 3 is 2.32 bits per heavy atom. The van der Waals surface area contributed by atoms with Crippen molar-refractivity contribution in [1.82, 2.24) is 19.9 Å². The molecule has 1 aliphatic heterocycles. The molecule has 0 bridgehead atoms. The number of carbonyl (C=O) groups is 2. The van der Waals surface area contributed by atoms with Crippen LogP contribution in [0.5, 0.6) is 0 Å². The van der Waals surface area contributed by atoms with E-state index in [1.54, 1.807) is 0 Å². The number of aromatic amines is 1. The van der Waals surface area contributed by atoms with Crippen LogP contribution in [0.3, 0.4) is 0 Å². The van der Waals surface area contributed by atoms with Crippen molar-refractivity contribution in [3.8, 4) is 0 Å². The van der Waals surface area contributed by atoms with Gasteiger partial charge in [0.25, 0.3) is 11.8 Å². The van der Waals surface area contributed by atoms with Crippen LogP contribution in [0.15, 0.2) is 24.5 Å². The van der Waals surface area contributed by atoms with Crippen molar-refractivity contribution in [3.63, 3.8) is 0 Å². The van der Waals surface area contributed by atoms with Gasteiger partial charge >= 0.3 is 0 Å². The zero-order chi connectivity index (χ0) is 19.8. The summed E-state index contributed by atoms with van der Waals surface area (Å²) in [6.07, 6.45) is 2.86. The van der Waals surface area contributed by atoms with Gasteiger partial charge in [0.15, 0.2) is 0 Å². The van der Waals surface area contributed by atoms with E-state index in [9.17, 15) is 14.0 Å². The number of primary amides is 2. The fourth-order valence-corrected chi connectivity index (χ4v) is 3.17. The first-order valence-corrected chi connectivity index (χ1v) is 8.53. The molecular weight excluding hydrogens is 367 g/mol. The number of hydrogen-bond acceptors (Lipinski definition) is 7. The van der Waals surface area contributed by atoms with Gasteiger partial charge in [-0.15, -0.1) is 0 Å². The number of nitrogens with two attached hydrogens (primary N) is 2. The summed E-state index contributed by atoms with van der Waals surface area (Å²) >= 11 is 0. The van der Waals surface area contributed by atoms with E-state index < -0.39 is 17.6 Å². The molecule has 5 N–H and O–H groups in total. The number of hydrogen-bond donors (Lipinski definition) is 3. The Labute approximate surface area is 158 Å². The van der Waals surface area contributed by atoms with E-state index in [2.05, 4.69) is 19.9 Å². The van der Waals surface area contributed by atoms with Crippen molar-refractivity contribution in [1.29, 1.82) is 0 Å². The van der Waals surface area contributed by atoms with Gasteiger partial charge in [0.05, 0.1) is 23.5 Å². The predicted octanol–water partition coefficient (Wildman–Crippen LogP) is 0.0164. The van der Waals surface area contributed by atoms with Crippen LogP contribution in [0, 0.1) is 5.82 Å². The minimum atomic E-state index is -0.731. The molecule has 11 heteroatoms. The number of aromatic nitrogens is 4. The molecule has 0 aliphatic carbocycles. The van der Waals surface area contributed by atoms with Crippen molar-refractivity contribution in [2.24, 2.45) is 11.5 Å². The summed E-state index contributed by atoms with van der Waals surface area (Å²) in [4.78, 5) is 42.4. The molecule has 0 saturated carbocycles. The first-order chi connectivity index (χ1) is 13.4. The molecule has 3 aromatic rings. The Hall–Kier alpha value is -3.76. The van der Waals surface area contributed by atoms with Crippen LogP contribution in [-0.4, -0.2) is 57.9 Å². The number of benzene rings is 1. The summed E-state index contributed by atoms with van der Waals surface area (Å²) in [5.41, 5.74) is 11.4. The molecule has 0 atom stereocenters. The SMILES string of the molecule is NC(=O)c1cnc(N2CCN(c3nc4c(C(N)=O)cc(F)cc4[nH]3)CC2)cn1. The van der Waals surface area contributed by atoms with Gasteiger partial charge in [0.1, 0.15) is 22.8 Å². The minimum Gasteiger partial charge on any atom is -0.366 e. The highest BCUT2D eigenvalue weighted by molar-refractivity contribution is 6.04. The van der Waals surface area contributed by atoms with Gasteiger partial charge in [-0.3, -0.25) is 9.59 Å². The number of nitrogens with zero attached hydrogens (tertiary/aromatic N) is 5. The lowest BCUT2D eigenvalue weighted by Gasteiger charge is -2.35. The minimum absolute atomic E-state index is 0.0425. The van der Waals surface area contributed by atoms with Gasteiger partial charge in [-0.1, -0.05) is 0 Å². The number of piperazine rings is 1. The number of nitrogens with one attached hydrogen (secondary N) is 1. The van der Waals surface area contributed by atoms with E-state index in [0.717, 1.165) is 6.07 Å². The third-order valence-corrected chi connectivity index (χ3v) is 4.60. The van der Waals surface area contributed by atoms with Gasteiger partial charge in [-0.2, -0.15) is 0 Å². The maximum absolute atomic E-state index is 13.7. The van der Waals surface area contributed by atoms with Gasteiger partial charge < -0.3 is 26.3 Å². The maximum Gasteiger partial charge on any atom is 0.268 e. The molecule has 0 unspecified atom stereocenters. The fraction of sp³-hybridized carbons (Fsp3) is 0.235. The standard InChI is InChI=1S/C17H17FN8O2/c18-9-5-10(15(19)27)14-11(6-9)23-17(24-14)26-3-1-25(2-4-26)13-8-21-12(7-22-13)16(20)28/h5-8H,1-4H2,(H2,19,27)(H2,20,28)(H,23,24). The summed E-state index contributed by atoms with van der Waals surface area (Å²) < 4.78 is 13.7. The second kappa shape index (κ2) is 6.76. The zero-order valence-electron chi connectivity index (χ0n) is 14.7. The second-order valence-electron chi connectivity index (χ2n) is 6.37. The molecule has 0 radical (unpaired) electrons. The summed E-state index contributed by atoms with van der Waals surface area (Å²) in [5, 5.41) is 0. The van der Waals surface area contributed by atoms with Crippen molar-refractivity contribution in [2.75, 3.05) is 36.0 Å². The lowest BCUT2D eigenvalue weighted by atomic mass is 10.1. The number of anilines is 2. The predicted molar refractivity (Wildman–Crippen MR) is 99.5 cm³/mol. The molecule has 28 heavy (non-hydrogen) atoms. The average Bonchev–Trinajstić information content (AvgIpc) is 3.11. The Kier molecular flexibility index (Phi) is 4.26. The highest BCUT2D eigenvalue weighted by Crippen LogP contribution is 2.23. The summed E-state index contributed by atoms with van der Waals surface area (Å²) in [7, 11) is 0. The van der Waals surface area contributed by atoms with Gasteiger partial charge in [-0.25, -0.2) is 19.3 Å². The highest BCUT2D eigenvalue weighted by atomic mass is 19.1. The molecule has 3 heterocycles. The molecule has 10 nitrogen and oxygen atoms in total. The first kappa shape index (κ1) is 17.6. The van der Waals surface area contributed by atoms with E-state index in [4.69, 9.17) is 11.5 Å². The van der Waals surface area contributed by atoms with Crippen LogP contribution in [-0.2, 0) is 0 Å². The van der Waals surface area contributed by atoms with Crippen molar-refractivity contribution in [2.45, 2.75) is 0 Å². The molecule has 144 valence electrons. The second-order valence-corrected chi connectivity index (χ2v) is 6.37. The van der Waals surface area contributed by atoms with Crippen LogP contribution >= 0.6 is 0 Å². The monoisotopic (exact) mass is 384 g/mol. The molecule has 1 fully saturated rings. The normalized spacial score (nSPS) is 14.5. The molecular formula is C17H17FN8O2. The molecule has 1 aliphatic rings. The third-order valence-electron chi connectivity index (χ3n) is 4.60. The quantitative estimate of drug-likeness (QED) is 0.574. The molecule has 1 aromatic carbocycles. The largest absolute Gasteiger partial charge is 0.366 e. The van der Waals surface area contributed by atoms with Crippen molar-refractivity contribution in [3.05, 3.63) is 41.6 Å². The topological polar surface area (TPSA) is 147 Å². The van der Waals surface area contributed by atoms with Gasteiger partial charge in [0, 0.05) is 26.2 Å². The number of halogens is 1. The summed E-state index contributed by atoms with van der Waals surface area (Å²) in [6, 6.07) is 2.37. The smallest absolute Gasteiger partial charge is 0.268 e. The molecule has 1 saturated heterocycles. The van der Waals surface area contributed by atoms with Crippen LogP contribution in [0.2, 0.25) is 0 Å². The first-order valence-electron chi connectivity index (χ1n) is 8.53. The molecule has 2 amide bonds. The van der Waals surface area contributed by atoms with Crippen LogP contribution in [0.25, 0.3) is 11.0 Å². The van der Waals surface area contributed by atoms with Crippen molar-refractivity contribution < 1.29 is 14.0 Å². The van der Waals surface area contributed by atoms with E-state index >= 15 is 0 Å². The Morgan fingerprint density at radius 2 is 1.71 bits per heavy atom. The number of fused-ring (bicyclic) bond motifs is 1. The van der Waals surface area contributed by atoms with Crippen LogP contribution in [0.1, 0.15) is 20.8 Å². The van der Waals surface area contributed by atoms with E-state index in [-0.39, 0.29) is 11.3 Å². The van der Waals surface area contributed by atoms with E-state index in [1.807, 2.05) is 9.80 Å². The Bertz CT molecular complexity index is 1060. The molecule has 0 spiro atoms. The van der Waals surface area contributed by atoms with Gasteiger partial charge in [0.2, 0.25) is 5.95 Å². The maximum atomic E-state index is 13.7. The fourth-order valence-electron chi connectivity index (χ4n) is 3.17. The Balaban J connectivity index is 1.51. The number of imidazole rings is 1. The third kappa shape index (κ3) is 3.17. The number of carbonyl (C=O) groups excluding carboxylic acids is 2. The summed E-state index contributed by atoms with van der Waals surface area (Å²) in [6.45, 7) is 2.51. The van der Waals surface area contributed by atoms with Crippen molar-refractivity contribution >= 4 is 34.6 Å². The highest BCUT2D eigenvalue weighted by Gasteiger charge is 2.22. The lowest BCUT2D eigenvalue weighted by molar-refractivity contribution is 0.0989. The number of rotatable bonds is 4. The van der Waals surface area contributed by atoms with Crippen LogP contribution < -0.4 is 21.3 Å². The van der Waals surface area contributed by atoms with E-state index in [1.165, 1.54) is 18.5 Å². The molecule has 2 aromatic heterocycles. The zero-order valence-corrected chi connectivity index (χ0v) is 14.7. The summed E-state index contributed by atoms with van der Waals surface area (Å²) in [5.74, 6) is -0.726.